The van der Waals surface area contributed by atoms with Crippen molar-refractivity contribution in [1.29, 1.82) is 0 Å². The van der Waals surface area contributed by atoms with Crippen molar-refractivity contribution in [2.24, 2.45) is 15.9 Å². The van der Waals surface area contributed by atoms with Crippen LogP contribution < -0.4 is 0 Å². The summed E-state index contributed by atoms with van der Waals surface area (Å²) >= 11 is 0. The minimum atomic E-state index is -1.91. The maximum atomic E-state index is 12.1. The fourth-order valence-corrected chi connectivity index (χ4v) is 6.05. The highest BCUT2D eigenvalue weighted by atomic mass is 31.2. The number of hydrogen-bond acceptors (Lipinski definition) is 4. The second kappa shape index (κ2) is 9.26. The Morgan fingerprint density at radius 1 is 1.21 bits per heavy atom. The zero-order chi connectivity index (χ0) is 21.0. The summed E-state index contributed by atoms with van der Waals surface area (Å²) in [5.41, 5.74) is 4.15. The third-order valence-corrected chi connectivity index (χ3v) is 7.23. The van der Waals surface area contributed by atoms with E-state index in [1.165, 1.54) is 37.4 Å². The van der Waals surface area contributed by atoms with Gasteiger partial charge < -0.3 is 9.30 Å². The number of benzene rings is 1. The maximum Gasteiger partial charge on any atom is 0.240 e. The molecule has 1 atom stereocenters. The van der Waals surface area contributed by atoms with Gasteiger partial charge in [-0.15, -0.1) is 0 Å². The van der Waals surface area contributed by atoms with E-state index in [2.05, 4.69) is 35.8 Å². The molecule has 1 fully saturated rings. The summed E-state index contributed by atoms with van der Waals surface area (Å²) in [6.45, 7) is 11.4. The lowest BCUT2D eigenvalue weighted by Gasteiger charge is -2.30. The van der Waals surface area contributed by atoms with Gasteiger partial charge in [0.15, 0.2) is 0 Å². The van der Waals surface area contributed by atoms with Gasteiger partial charge in [-0.2, -0.15) is 0 Å². The van der Waals surface area contributed by atoms with Crippen molar-refractivity contribution in [1.82, 2.24) is 0 Å². The third kappa shape index (κ3) is 5.57. The standard InChI is InChI=1S/C24H33N2O2P/c1-6-22-24(25-7-2)28-17(3)23(26-22)21-14-12-20(13-15-21)19-10-8-18(9-11-19)16-29(4,5)27/h6-7,12-15,17-19H,2,8-11,16H2,1,3-5H3/b22-6+,25-24?. The van der Waals surface area contributed by atoms with Gasteiger partial charge in [-0.1, -0.05) is 36.9 Å². The van der Waals surface area contributed by atoms with Crippen LogP contribution in [0.2, 0.25) is 0 Å². The predicted molar refractivity (Wildman–Crippen MR) is 124 cm³/mol. The molecular weight excluding hydrogens is 379 g/mol. The molecular formula is C24H33N2O2P. The molecule has 2 aliphatic rings. The van der Waals surface area contributed by atoms with E-state index in [1.807, 2.05) is 33.3 Å². The second-order valence-electron chi connectivity index (χ2n) is 8.64. The van der Waals surface area contributed by atoms with Crippen LogP contribution in [0.1, 0.15) is 56.6 Å². The van der Waals surface area contributed by atoms with Crippen LogP contribution >= 0.6 is 7.14 Å². The number of rotatable bonds is 5. The van der Waals surface area contributed by atoms with E-state index in [-0.39, 0.29) is 6.10 Å². The van der Waals surface area contributed by atoms with Gasteiger partial charge in [0, 0.05) is 12.4 Å². The van der Waals surface area contributed by atoms with Crippen molar-refractivity contribution in [3.8, 4) is 0 Å². The van der Waals surface area contributed by atoms with Crippen LogP contribution in [0, 0.1) is 5.92 Å². The summed E-state index contributed by atoms with van der Waals surface area (Å²) in [4.78, 5) is 8.97. The average molecular weight is 413 g/mol. The number of hydrogen-bond donors (Lipinski definition) is 0. The molecule has 0 bridgehead atoms. The molecule has 29 heavy (non-hydrogen) atoms. The normalized spacial score (nSPS) is 28.1. The summed E-state index contributed by atoms with van der Waals surface area (Å²) in [7, 11) is -1.91. The lowest BCUT2D eigenvalue weighted by Crippen LogP contribution is -2.31. The first-order valence-corrected chi connectivity index (χ1v) is 13.3. The molecule has 1 saturated carbocycles. The highest BCUT2D eigenvalue weighted by molar-refractivity contribution is 7.62. The lowest BCUT2D eigenvalue weighted by atomic mass is 9.79. The lowest BCUT2D eigenvalue weighted by molar-refractivity contribution is 0.268. The molecule has 1 aromatic rings. The molecule has 0 radical (unpaired) electrons. The summed E-state index contributed by atoms with van der Waals surface area (Å²) < 4.78 is 18.1. The highest BCUT2D eigenvalue weighted by Crippen LogP contribution is 2.44. The van der Waals surface area contributed by atoms with E-state index in [0.717, 1.165) is 23.1 Å². The monoisotopic (exact) mass is 412 g/mol. The zero-order valence-electron chi connectivity index (χ0n) is 18.1. The largest absolute Gasteiger partial charge is 0.467 e. The summed E-state index contributed by atoms with van der Waals surface area (Å²) in [6.07, 6.45) is 8.89. The van der Waals surface area contributed by atoms with Crippen molar-refractivity contribution in [3.63, 3.8) is 0 Å². The van der Waals surface area contributed by atoms with E-state index in [1.54, 1.807) is 0 Å². The fourth-order valence-electron chi connectivity index (χ4n) is 4.45. The van der Waals surface area contributed by atoms with Crippen LogP contribution in [-0.2, 0) is 9.30 Å². The Morgan fingerprint density at radius 2 is 1.86 bits per heavy atom. The molecule has 5 heteroatoms. The third-order valence-electron chi connectivity index (χ3n) is 5.84. The van der Waals surface area contributed by atoms with Crippen molar-refractivity contribution >= 4 is 18.8 Å². The first-order valence-electron chi connectivity index (χ1n) is 10.6. The fraction of sp³-hybridized carbons (Fsp3) is 0.500. The maximum absolute atomic E-state index is 12.1. The summed E-state index contributed by atoms with van der Waals surface area (Å²) in [6, 6.07) is 8.80. The quantitative estimate of drug-likeness (QED) is 0.538. The number of aliphatic imine (C=N–C) groups is 2. The Morgan fingerprint density at radius 3 is 2.41 bits per heavy atom. The molecule has 156 valence electrons. The Kier molecular flexibility index (Phi) is 6.95. The molecule has 1 aromatic carbocycles. The van der Waals surface area contributed by atoms with Gasteiger partial charge in [0.05, 0.1) is 12.9 Å². The molecule has 0 aromatic heterocycles. The van der Waals surface area contributed by atoms with Crippen LogP contribution in [0.5, 0.6) is 0 Å². The van der Waals surface area contributed by atoms with Gasteiger partial charge in [-0.25, -0.2) is 9.98 Å². The first-order chi connectivity index (χ1) is 13.8. The van der Waals surface area contributed by atoms with Crippen molar-refractivity contribution < 1.29 is 9.30 Å². The van der Waals surface area contributed by atoms with Gasteiger partial charge >= 0.3 is 0 Å². The van der Waals surface area contributed by atoms with Crippen LogP contribution in [0.15, 0.2) is 58.8 Å². The predicted octanol–water partition coefficient (Wildman–Crippen LogP) is 6.24. The van der Waals surface area contributed by atoms with Crippen molar-refractivity contribution in [3.05, 3.63) is 59.9 Å². The molecule has 0 amide bonds. The topological polar surface area (TPSA) is 51.0 Å². The smallest absolute Gasteiger partial charge is 0.240 e. The number of ether oxygens (including phenoxy) is 1. The minimum absolute atomic E-state index is 0.155. The Balaban J connectivity index is 1.70. The van der Waals surface area contributed by atoms with E-state index in [4.69, 9.17) is 9.73 Å². The first kappa shape index (κ1) is 21.8. The van der Waals surface area contributed by atoms with Gasteiger partial charge in [0.2, 0.25) is 5.90 Å². The molecule has 1 heterocycles. The Labute approximate surface area is 175 Å². The molecule has 1 aliphatic heterocycles. The Bertz CT molecular complexity index is 869. The molecule has 1 aliphatic carbocycles. The molecule has 0 spiro atoms. The minimum Gasteiger partial charge on any atom is -0.467 e. The highest BCUT2D eigenvalue weighted by Gasteiger charge is 2.27. The number of allylic oxidation sites excluding steroid dienone is 1. The van der Waals surface area contributed by atoms with Crippen molar-refractivity contribution in [2.75, 3.05) is 19.5 Å². The van der Waals surface area contributed by atoms with Crippen LogP contribution in [0.25, 0.3) is 0 Å². The molecule has 3 rings (SSSR count). The Hall–Kier alpha value is -1.93. The van der Waals surface area contributed by atoms with Crippen molar-refractivity contribution in [2.45, 2.75) is 51.6 Å². The van der Waals surface area contributed by atoms with Crippen LogP contribution in [0.4, 0.5) is 0 Å². The van der Waals surface area contributed by atoms with Gasteiger partial charge in [0.25, 0.3) is 0 Å². The van der Waals surface area contributed by atoms with Gasteiger partial charge in [-0.05, 0) is 75.8 Å². The van der Waals surface area contributed by atoms with Gasteiger partial charge in [-0.3, -0.25) is 0 Å². The van der Waals surface area contributed by atoms with Crippen LogP contribution in [-0.4, -0.2) is 37.2 Å². The SMILES string of the molecule is C=CN=C1OC(C)C(c2ccc(C3CCC(CP(C)(C)=O)CC3)cc2)=N/C1=C/C. The van der Waals surface area contributed by atoms with E-state index >= 15 is 0 Å². The molecule has 1 unspecified atom stereocenters. The van der Waals surface area contributed by atoms with Crippen LogP contribution in [0.3, 0.4) is 0 Å². The van der Waals surface area contributed by atoms with E-state index in [9.17, 15) is 4.57 Å². The average Bonchev–Trinajstić information content (AvgIpc) is 2.68. The summed E-state index contributed by atoms with van der Waals surface area (Å²) in [5, 5.41) is 0. The molecule has 0 saturated heterocycles. The van der Waals surface area contributed by atoms with E-state index in [0.29, 0.717) is 17.7 Å². The number of nitrogens with zero attached hydrogens (tertiary/aromatic N) is 2. The molecule has 0 N–H and O–H groups in total. The van der Waals surface area contributed by atoms with Gasteiger partial charge in [0.1, 0.15) is 11.8 Å². The summed E-state index contributed by atoms with van der Waals surface area (Å²) in [5.74, 6) is 1.76. The second-order valence-corrected chi connectivity index (χ2v) is 12.2. The van der Waals surface area contributed by atoms with E-state index < -0.39 is 7.14 Å². The zero-order valence-corrected chi connectivity index (χ0v) is 19.0. The molecule has 4 nitrogen and oxygen atoms in total.